The number of aliphatic carboxylic acids is 1. The van der Waals surface area contributed by atoms with Gasteiger partial charge in [-0.25, -0.2) is 4.39 Å². The number of rotatable bonds is 14. The molecule has 0 radical (unpaired) electrons. The molecule has 0 saturated heterocycles. The van der Waals surface area contributed by atoms with Gasteiger partial charge in [-0.1, -0.05) is 54.0 Å². The van der Waals surface area contributed by atoms with Gasteiger partial charge in [0.25, 0.3) is 0 Å². The van der Waals surface area contributed by atoms with Crippen molar-refractivity contribution < 1.29 is 28.6 Å². The first kappa shape index (κ1) is 42.2. The van der Waals surface area contributed by atoms with Crippen molar-refractivity contribution in [1.29, 1.82) is 0 Å². The first-order valence-corrected chi connectivity index (χ1v) is 21.4. The molecule has 3 saturated carbocycles. The largest absolute Gasteiger partial charge is 0.481 e. The molecule has 10 heteroatoms. The number of nitrogens with two attached hydrogens (primary N) is 1. The molecular formula is C46H67FN4O5. The van der Waals surface area contributed by atoms with E-state index in [0.29, 0.717) is 50.0 Å². The van der Waals surface area contributed by atoms with E-state index in [4.69, 9.17) is 15.6 Å². The van der Waals surface area contributed by atoms with Gasteiger partial charge in [-0.3, -0.25) is 14.4 Å². The molecule has 308 valence electrons. The Morgan fingerprint density at radius 3 is 2.38 bits per heavy atom. The average Bonchev–Trinajstić information content (AvgIpc) is 3.66. The predicted octanol–water partition coefficient (Wildman–Crippen LogP) is 9.37. The van der Waals surface area contributed by atoms with Gasteiger partial charge in [0, 0.05) is 36.9 Å². The van der Waals surface area contributed by atoms with Gasteiger partial charge in [0.2, 0.25) is 0 Å². The third kappa shape index (κ3) is 7.08. The zero-order valence-electron chi connectivity index (χ0n) is 35.5. The molecule has 0 amide bonds. The molecule has 3 N–H and O–H groups in total. The van der Waals surface area contributed by atoms with Gasteiger partial charge in [0.15, 0.2) is 11.6 Å². The van der Waals surface area contributed by atoms with Crippen LogP contribution in [0.5, 0.6) is 0 Å². The molecule has 56 heavy (non-hydrogen) atoms. The number of hydrogen-bond donors (Lipinski definition) is 2. The average molecular weight is 775 g/mol. The molecule has 4 aliphatic rings. The fourth-order valence-electron chi connectivity index (χ4n) is 12.3. The Hall–Kier alpha value is -3.40. The number of carboxylic acids is 1. The Labute approximate surface area is 333 Å². The normalized spacial score (nSPS) is 32.2. The highest BCUT2D eigenvalue weighted by atomic mass is 19.1. The quantitative estimate of drug-likeness (QED) is 0.181. The van der Waals surface area contributed by atoms with Crippen molar-refractivity contribution in [2.45, 2.75) is 152 Å². The monoisotopic (exact) mass is 775 g/mol. The van der Waals surface area contributed by atoms with Crippen molar-refractivity contribution in [1.82, 2.24) is 14.8 Å². The molecule has 2 aromatic rings. The Kier molecular flexibility index (Phi) is 11.6. The summed E-state index contributed by atoms with van der Waals surface area (Å²) in [6, 6.07) is 6.35. The molecule has 8 atom stereocenters. The van der Waals surface area contributed by atoms with Crippen molar-refractivity contribution in [3.63, 3.8) is 0 Å². The molecule has 1 aromatic heterocycles. The summed E-state index contributed by atoms with van der Waals surface area (Å²) < 4.78 is 21.9. The van der Waals surface area contributed by atoms with Crippen molar-refractivity contribution in [3.05, 3.63) is 47.1 Å². The smallest absolute Gasteiger partial charge is 0.309 e. The van der Waals surface area contributed by atoms with E-state index < -0.39 is 17.4 Å². The highest BCUT2D eigenvalue weighted by Crippen LogP contribution is 2.75. The van der Waals surface area contributed by atoms with Gasteiger partial charge >= 0.3 is 11.9 Å². The van der Waals surface area contributed by atoms with Gasteiger partial charge in [-0.2, -0.15) is 0 Å². The third-order valence-electron chi connectivity index (χ3n) is 16.0. The number of Topliss-reactive ketones (excluding diaryl/α,β-unsaturated/α-hetero) is 1. The summed E-state index contributed by atoms with van der Waals surface area (Å²) in [4.78, 5) is 38.9. The Morgan fingerprint density at radius 1 is 1.05 bits per heavy atom. The molecule has 4 aliphatic carbocycles. The fraction of sp³-hybridized carbons (Fsp3) is 0.717. The minimum absolute atomic E-state index is 0.00977. The third-order valence-corrected chi connectivity index (χ3v) is 16.0. The van der Waals surface area contributed by atoms with Crippen LogP contribution >= 0.6 is 0 Å². The number of aromatic nitrogens is 3. The van der Waals surface area contributed by atoms with Crippen LogP contribution in [-0.2, 0) is 32.1 Å². The number of ketones is 1. The highest BCUT2D eigenvalue weighted by molar-refractivity contribution is 6.00. The van der Waals surface area contributed by atoms with Crippen molar-refractivity contribution in [2.24, 2.45) is 56.5 Å². The van der Waals surface area contributed by atoms with E-state index >= 15 is 0 Å². The van der Waals surface area contributed by atoms with Crippen LogP contribution in [0.1, 0.15) is 139 Å². The summed E-state index contributed by atoms with van der Waals surface area (Å²) >= 11 is 0. The standard InChI is InChI=1S/C46H67FN4O5/c1-10-32(56-37(53)27-42(5,6)41(54)55)18-19-43(7)29(4)17-20-45(9)35(43)16-15-33-39-38(28(2)3)34(52)25-46(39,22-21-44(33,45)8)26-36-49-50-40(51(36)24-23-48)30-11-13-31(47)14-12-30/h11-14,28-29,32-33,35H,10,15-27,48H2,1-9H3,(H,54,55)/t29-,32-,33-,35-,43+,44-,45-,46+/m1/s1. The van der Waals surface area contributed by atoms with Gasteiger partial charge in [0.05, 0.1) is 11.8 Å². The molecular weight excluding hydrogens is 708 g/mol. The zero-order valence-corrected chi connectivity index (χ0v) is 35.5. The lowest BCUT2D eigenvalue weighted by atomic mass is 9.35. The van der Waals surface area contributed by atoms with E-state index in [1.165, 1.54) is 17.7 Å². The second-order valence-corrected chi connectivity index (χ2v) is 19.8. The number of carbonyl (C=O) groups is 3. The molecule has 0 bridgehead atoms. The first-order valence-electron chi connectivity index (χ1n) is 21.4. The molecule has 1 heterocycles. The number of esters is 1. The number of carbonyl (C=O) groups excluding carboxylic acids is 2. The SMILES string of the molecule is CC[C@H](CC[C@@]1(C)[C@H](C)CC[C@]2(C)[C@@H]1CC[C@@H]1C3=C(C(C)C)C(=O)C[C@]3(Cc3nnc(-c4ccc(F)cc4)n3CCN)CC[C@]12C)OC(=O)CC(C)(C)C(=O)O. The van der Waals surface area contributed by atoms with Crippen LogP contribution in [0.3, 0.4) is 0 Å². The van der Waals surface area contributed by atoms with E-state index in [1.807, 2.05) is 6.92 Å². The number of halogens is 1. The Morgan fingerprint density at radius 2 is 1.75 bits per heavy atom. The first-order chi connectivity index (χ1) is 26.3. The molecule has 3 fully saturated rings. The van der Waals surface area contributed by atoms with E-state index in [2.05, 4.69) is 51.2 Å². The van der Waals surface area contributed by atoms with Gasteiger partial charge in [-0.15, -0.1) is 10.2 Å². The van der Waals surface area contributed by atoms with Crippen molar-refractivity contribution in [3.8, 4) is 11.4 Å². The van der Waals surface area contributed by atoms with E-state index in [-0.39, 0.29) is 57.6 Å². The number of allylic oxidation sites excluding steroid dienone is 2. The maximum Gasteiger partial charge on any atom is 0.309 e. The number of nitrogens with zero attached hydrogens (tertiary/aromatic N) is 3. The van der Waals surface area contributed by atoms with Crippen LogP contribution in [0.15, 0.2) is 35.4 Å². The number of carboxylic acid groups (broad SMARTS) is 1. The fourth-order valence-corrected chi connectivity index (χ4v) is 12.3. The minimum Gasteiger partial charge on any atom is -0.481 e. The van der Waals surface area contributed by atoms with Crippen molar-refractivity contribution >= 4 is 17.7 Å². The summed E-state index contributed by atoms with van der Waals surface area (Å²) in [5.74, 6) is 1.43. The Bertz CT molecular complexity index is 1850. The lowest BCUT2D eigenvalue weighted by molar-refractivity contribution is -0.187. The number of ether oxygens (including phenoxy) is 1. The molecule has 1 aromatic carbocycles. The lowest BCUT2D eigenvalue weighted by Gasteiger charge is -2.69. The maximum absolute atomic E-state index is 14.3. The van der Waals surface area contributed by atoms with Gasteiger partial charge in [-0.05, 0) is 141 Å². The zero-order chi connectivity index (χ0) is 41.0. The van der Waals surface area contributed by atoms with E-state index in [9.17, 15) is 23.9 Å². The summed E-state index contributed by atoms with van der Waals surface area (Å²) in [6.45, 7) is 20.5. The van der Waals surface area contributed by atoms with Crippen LogP contribution in [-0.4, -0.2) is 50.2 Å². The maximum atomic E-state index is 14.3. The summed E-state index contributed by atoms with van der Waals surface area (Å²) in [7, 11) is 0. The van der Waals surface area contributed by atoms with Crippen LogP contribution < -0.4 is 5.73 Å². The second kappa shape index (κ2) is 15.4. The van der Waals surface area contributed by atoms with Crippen molar-refractivity contribution in [2.75, 3.05) is 6.54 Å². The summed E-state index contributed by atoms with van der Waals surface area (Å²) in [5, 5.41) is 19.0. The van der Waals surface area contributed by atoms with Crippen LogP contribution in [0.25, 0.3) is 11.4 Å². The second-order valence-electron chi connectivity index (χ2n) is 19.8. The molecule has 9 nitrogen and oxygen atoms in total. The molecule has 6 rings (SSSR count). The number of benzene rings is 1. The minimum atomic E-state index is -1.17. The summed E-state index contributed by atoms with van der Waals surface area (Å²) in [5.41, 5.74) is 7.94. The molecule has 0 unspecified atom stereocenters. The van der Waals surface area contributed by atoms with Crippen LogP contribution in [0, 0.1) is 56.6 Å². The highest BCUT2D eigenvalue weighted by Gasteiger charge is 2.67. The van der Waals surface area contributed by atoms with E-state index in [0.717, 1.165) is 68.3 Å². The Balaban J connectivity index is 1.30. The summed E-state index contributed by atoms with van der Waals surface area (Å²) in [6.07, 6.45) is 9.45. The van der Waals surface area contributed by atoms with Crippen LogP contribution in [0.2, 0.25) is 0 Å². The topological polar surface area (TPSA) is 137 Å². The molecule has 0 aliphatic heterocycles. The lowest BCUT2D eigenvalue weighted by Crippen LogP contribution is -2.62. The number of hydrogen-bond acceptors (Lipinski definition) is 7. The van der Waals surface area contributed by atoms with Gasteiger partial charge < -0.3 is 20.1 Å². The predicted molar refractivity (Wildman–Crippen MR) is 216 cm³/mol. The number of fused-ring (bicyclic) bond motifs is 5. The van der Waals surface area contributed by atoms with Gasteiger partial charge in [0.1, 0.15) is 17.7 Å². The molecule has 0 spiro atoms. The van der Waals surface area contributed by atoms with Crippen LogP contribution in [0.4, 0.5) is 4.39 Å². The van der Waals surface area contributed by atoms with E-state index in [1.54, 1.807) is 26.0 Å².